The number of nitro groups is 1. The van der Waals surface area contributed by atoms with E-state index in [2.05, 4.69) is 5.32 Å². The fraction of sp³-hybridized carbons (Fsp3) is 0.429. The fourth-order valence-electron chi connectivity index (χ4n) is 3.78. The first kappa shape index (κ1) is 23.9. The molecule has 2 N–H and O–H groups in total. The van der Waals surface area contributed by atoms with Crippen LogP contribution in [0.25, 0.3) is 0 Å². The van der Waals surface area contributed by atoms with Gasteiger partial charge in [0.05, 0.1) is 16.6 Å². The predicted molar refractivity (Wildman–Crippen MR) is 107 cm³/mol. The monoisotopic (exact) mass is 459 g/mol. The molecule has 174 valence electrons. The number of alkyl halides is 3. The van der Waals surface area contributed by atoms with Gasteiger partial charge in [0, 0.05) is 37.0 Å². The van der Waals surface area contributed by atoms with E-state index in [1.54, 1.807) is 4.90 Å². The second-order valence-electron chi connectivity index (χ2n) is 7.65. The Bertz CT molecular complexity index is 962. The van der Waals surface area contributed by atoms with E-state index in [0.29, 0.717) is 38.5 Å². The molecule has 32 heavy (non-hydrogen) atoms. The summed E-state index contributed by atoms with van der Waals surface area (Å²) in [6, 6.07) is 5.96. The minimum absolute atomic E-state index is 0.00999. The van der Waals surface area contributed by atoms with Crippen LogP contribution in [0.1, 0.15) is 36.5 Å². The Morgan fingerprint density at radius 3 is 2.41 bits per heavy atom. The van der Waals surface area contributed by atoms with Crippen molar-refractivity contribution in [2.75, 3.05) is 24.5 Å². The van der Waals surface area contributed by atoms with Crippen molar-refractivity contribution in [2.45, 2.75) is 37.6 Å². The van der Waals surface area contributed by atoms with E-state index in [0.717, 1.165) is 24.3 Å². The van der Waals surface area contributed by atoms with Gasteiger partial charge < -0.3 is 15.3 Å². The Morgan fingerprint density at radius 2 is 1.81 bits per heavy atom. The van der Waals surface area contributed by atoms with Crippen LogP contribution in [0.4, 0.5) is 33.3 Å². The molecular formula is C21H22F5N3O3. The second kappa shape index (κ2) is 9.78. The van der Waals surface area contributed by atoms with Crippen LogP contribution in [0.15, 0.2) is 36.4 Å². The van der Waals surface area contributed by atoms with Gasteiger partial charge in [0.1, 0.15) is 0 Å². The number of halogens is 5. The lowest BCUT2D eigenvalue weighted by molar-refractivity contribution is -0.385. The number of nitrogens with one attached hydrogen (secondary N) is 1. The first-order valence-corrected chi connectivity index (χ1v) is 10.0. The van der Waals surface area contributed by atoms with Gasteiger partial charge in [-0.05, 0) is 49.6 Å². The number of non-ortho nitro benzene ring substituents is 1. The van der Waals surface area contributed by atoms with E-state index in [1.807, 2.05) is 0 Å². The molecule has 3 rings (SSSR count). The Kier molecular flexibility index (Phi) is 7.29. The molecule has 11 heteroatoms. The maximum absolute atomic E-state index is 13.4. The van der Waals surface area contributed by atoms with E-state index in [1.165, 1.54) is 6.07 Å². The van der Waals surface area contributed by atoms with Gasteiger partial charge in [-0.1, -0.05) is 6.07 Å². The number of nitrogens with zero attached hydrogens (tertiary/aromatic N) is 2. The van der Waals surface area contributed by atoms with Crippen molar-refractivity contribution in [3.8, 4) is 0 Å². The lowest BCUT2D eigenvalue weighted by Crippen LogP contribution is -2.43. The molecule has 1 saturated heterocycles. The molecule has 2 aromatic rings. The predicted octanol–water partition coefficient (Wildman–Crippen LogP) is 4.57. The van der Waals surface area contributed by atoms with Gasteiger partial charge in [-0.3, -0.25) is 10.1 Å². The summed E-state index contributed by atoms with van der Waals surface area (Å²) < 4.78 is 66.5. The van der Waals surface area contributed by atoms with Crippen LogP contribution < -0.4 is 10.2 Å². The fourth-order valence-corrected chi connectivity index (χ4v) is 3.78. The highest BCUT2D eigenvalue weighted by Gasteiger charge is 2.37. The van der Waals surface area contributed by atoms with Crippen LogP contribution in [-0.2, 0) is 6.18 Å². The van der Waals surface area contributed by atoms with Gasteiger partial charge in [-0.25, -0.2) is 8.78 Å². The number of rotatable bonds is 7. The summed E-state index contributed by atoms with van der Waals surface area (Å²) in [5, 5.41) is 24.2. The molecule has 0 saturated carbocycles. The number of anilines is 1. The molecule has 0 spiro atoms. The van der Waals surface area contributed by atoms with Crippen LogP contribution in [0.2, 0.25) is 0 Å². The average molecular weight is 459 g/mol. The van der Waals surface area contributed by atoms with E-state index in [-0.39, 0.29) is 23.7 Å². The molecule has 2 aromatic carbocycles. The van der Waals surface area contributed by atoms with Gasteiger partial charge in [0.15, 0.2) is 11.6 Å². The second-order valence-corrected chi connectivity index (χ2v) is 7.65. The average Bonchev–Trinajstić information content (AvgIpc) is 2.75. The molecule has 0 bridgehead atoms. The Labute approximate surface area is 180 Å². The van der Waals surface area contributed by atoms with E-state index in [4.69, 9.17) is 0 Å². The Hall–Kier alpha value is -2.79. The highest BCUT2D eigenvalue weighted by atomic mass is 19.4. The largest absolute Gasteiger partial charge is 0.418 e. The molecule has 1 fully saturated rings. The standard InChI is InChI=1S/C21H22F5N3O3/c22-17-3-1-13(11-18(17)23)20(30)5-8-27-14-6-9-28(10-7-14)19-4-2-15(29(31)32)12-16(19)21(24,25)26/h1-4,11-12,14,20,27,30H,5-10H2. The lowest BCUT2D eigenvalue weighted by atomic mass is 10.0. The molecule has 6 nitrogen and oxygen atoms in total. The summed E-state index contributed by atoms with van der Waals surface area (Å²) in [4.78, 5) is 11.5. The van der Waals surface area contributed by atoms with Gasteiger partial charge in [-0.15, -0.1) is 0 Å². The molecule has 1 unspecified atom stereocenters. The van der Waals surface area contributed by atoms with Crippen molar-refractivity contribution in [1.82, 2.24) is 5.32 Å². The van der Waals surface area contributed by atoms with Crippen LogP contribution in [0.3, 0.4) is 0 Å². The molecule has 1 aliphatic rings. The SMILES string of the molecule is O=[N+]([O-])c1ccc(N2CCC(NCCC(O)c3ccc(F)c(F)c3)CC2)c(C(F)(F)F)c1. The van der Waals surface area contributed by atoms with Crippen LogP contribution in [-0.4, -0.2) is 35.7 Å². The number of piperidine rings is 1. The summed E-state index contributed by atoms with van der Waals surface area (Å²) in [6.07, 6.45) is -4.37. The number of hydrogen-bond donors (Lipinski definition) is 2. The molecule has 1 aliphatic heterocycles. The first-order chi connectivity index (χ1) is 15.1. The summed E-state index contributed by atoms with van der Waals surface area (Å²) in [5.74, 6) is -2.03. The van der Waals surface area contributed by atoms with Gasteiger partial charge in [-0.2, -0.15) is 13.2 Å². The van der Waals surface area contributed by atoms with Crippen LogP contribution in [0.5, 0.6) is 0 Å². The zero-order valence-corrected chi connectivity index (χ0v) is 16.9. The minimum Gasteiger partial charge on any atom is -0.388 e. The van der Waals surface area contributed by atoms with E-state index >= 15 is 0 Å². The minimum atomic E-state index is -4.72. The summed E-state index contributed by atoms with van der Waals surface area (Å²) in [6.45, 7) is 1.03. The maximum atomic E-state index is 13.4. The highest BCUT2D eigenvalue weighted by molar-refractivity contribution is 5.59. The zero-order valence-electron chi connectivity index (χ0n) is 16.9. The molecule has 0 amide bonds. The topological polar surface area (TPSA) is 78.6 Å². The van der Waals surface area contributed by atoms with Crippen molar-refractivity contribution in [2.24, 2.45) is 0 Å². The van der Waals surface area contributed by atoms with Crippen molar-refractivity contribution in [3.63, 3.8) is 0 Å². The smallest absolute Gasteiger partial charge is 0.388 e. The number of benzene rings is 2. The summed E-state index contributed by atoms with van der Waals surface area (Å²) in [5.41, 5.74) is -1.47. The molecule has 1 atom stereocenters. The van der Waals surface area contributed by atoms with E-state index < -0.39 is 40.1 Å². The van der Waals surface area contributed by atoms with Gasteiger partial charge in [0.2, 0.25) is 0 Å². The zero-order chi connectivity index (χ0) is 23.5. The normalized spacial score (nSPS) is 16.2. The highest BCUT2D eigenvalue weighted by Crippen LogP contribution is 2.39. The quantitative estimate of drug-likeness (QED) is 0.360. The molecule has 0 aromatic heterocycles. The van der Waals surface area contributed by atoms with Crippen molar-refractivity contribution >= 4 is 11.4 Å². The molecule has 1 heterocycles. The van der Waals surface area contributed by atoms with Crippen LogP contribution in [0, 0.1) is 21.7 Å². The van der Waals surface area contributed by atoms with Gasteiger partial charge >= 0.3 is 6.18 Å². The molecular weight excluding hydrogens is 437 g/mol. The number of hydrogen-bond acceptors (Lipinski definition) is 5. The Morgan fingerprint density at radius 1 is 1.12 bits per heavy atom. The number of nitro benzene ring substituents is 1. The molecule has 0 radical (unpaired) electrons. The van der Waals surface area contributed by atoms with Crippen molar-refractivity contribution < 1.29 is 32.0 Å². The number of aliphatic hydroxyl groups is 1. The third-order valence-electron chi connectivity index (χ3n) is 5.51. The Balaban J connectivity index is 1.54. The maximum Gasteiger partial charge on any atom is 0.418 e. The lowest BCUT2D eigenvalue weighted by Gasteiger charge is -2.35. The number of aliphatic hydroxyl groups excluding tert-OH is 1. The first-order valence-electron chi connectivity index (χ1n) is 10.0. The third kappa shape index (κ3) is 5.71. The summed E-state index contributed by atoms with van der Waals surface area (Å²) in [7, 11) is 0. The van der Waals surface area contributed by atoms with Gasteiger partial charge in [0.25, 0.3) is 5.69 Å². The van der Waals surface area contributed by atoms with Crippen molar-refractivity contribution in [1.29, 1.82) is 0 Å². The van der Waals surface area contributed by atoms with Crippen molar-refractivity contribution in [3.05, 3.63) is 69.3 Å². The van der Waals surface area contributed by atoms with E-state index in [9.17, 15) is 37.2 Å². The summed E-state index contributed by atoms with van der Waals surface area (Å²) >= 11 is 0. The van der Waals surface area contributed by atoms with Crippen LogP contribution >= 0.6 is 0 Å². The third-order valence-corrected chi connectivity index (χ3v) is 5.51. The molecule has 0 aliphatic carbocycles.